The van der Waals surface area contributed by atoms with Gasteiger partial charge in [-0.15, -0.1) is 10.2 Å². The third-order valence-electron chi connectivity index (χ3n) is 5.40. The lowest BCUT2D eigenvalue weighted by Gasteiger charge is -2.10. The van der Waals surface area contributed by atoms with Gasteiger partial charge in [0, 0.05) is 34.9 Å². The van der Waals surface area contributed by atoms with Crippen molar-refractivity contribution in [1.82, 2.24) is 25.1 Å². The molecule has 3 aromatic carbocycles. The summed E-state index contributed by atoms with van der Waals surface area (Å²) in [6, 6.07) is 28.1. The van der Waals surface area contributed by atoms with Crippen LogP contribution in [-0.4, -0.2) is 38.0 Å². The van der Waals surface area contributed by atoms with Gasteiger partial charge in [-0.3, -0.25) is 9.36 Å². The van der Waals surface area contributed by atoms with Crippen LogP contribution in [0.1, 0.15) is 5.56 Å². The number of thioether (sulfide) groups is 1. The molecule has 2 aromatic heterocycles. The number of carbonyl (C=O) groups excluding carboxylic acids is 1. The van der Waals surface area contributed by atoms with Crippen molar-refractivity contribution in [2.75, 3.05) is 12.3 Å². The largest absolute Gasteiger partial charge is 0.361 e. The summed E-state index contributed by atoms with van der Waals surface area (Å²) >= 11 is 1.39. The molecule has 0 aliphatic carbocycles. The van der Waals surface area contributed by atoms with Crippen molar-refractivity contribution in [1.29, 1.82) is 0 Å². The number of H-pyrrole nitrogens is 1. The van der Waals surface area contributed by atoms with Crippen LogP contribution in [0, 0.1) is 0 Å². The van der Waals surface area contributed by atoms with E-state index in [-0.39, 0.29) is 11.7 Å². The van der Waals surface area contributed by atoms with Crippen molar-refractivity contribution in [3.8, 4) is 17.1 Å². The Morgan fingerprint density at radius 2 is 1.64 bits per heavy atom. The number of aromatic nitrogens is 4. The van der Waals surface area contributed by atoms with Crippen LogP contribution in [0.4, 0.5) is 0 Å². The Balaban J connectivity index is 1.25. The van der Waals surface area contributed by atoms with Crippen LogP contribution in [0.15, 0.2) is 96.3 Å². The van der Waals surface area contributed by atoms with Crippen LogP contribution in [0.5, 0.6) is 0 Å². The van der Waals surface area contributed by atoms with Crippen molar-refractivity contribution < 1.29 is 4.79 Å². The minimum absolute atomic E-state index is 0.0243. The maximum atomic E-state index is 12.5. The predicted octanol–water partition coefficient (Wildman–Crippen LogP) is 4.87. The van der Waals surface area contributed by atoms with Crippen LogP contribution in [0.2, 0.25) is 0 Å². The van der Waals surface area contributed by atoms with E-state index in [1.165, 1.54) is 22.7 Å². The van der Waals surface area contributed by atoms with Crippen LogP contribution in [-0.2, 0) is 11.2 Å². The number of rotatable bonds is 8. The molecule has 0 fully saturated rings. The predicted molar refractivity (Wildman–Crippen MR) is 133 cm³/mol. The molecule has 2 heterocycles. The number of hydrogen-bond acceptors (Lipinski definition) is 4. The Labute approximate surface area is 196 Å². The third kappa shape index (κ3) is 4.68. The van der Waals surface area contributed by atoms with Gasteiger partial charge in [0.05, 0.1) is 5.75 Å². The smallest absolute Gasteiger partial charge is 0.230 e. The number of para-hydroxylation sites is 2. The molecule has 164 valence electrons. The maximum absolute atomic E-state index is 12.5. The van der Waals surface area contributed by atoms with Gasteiger partial charge in [-0.05, 0) is 30.2 Å². The van der Waals surface area contributed by atoms with Gasteiger partial charge in [0.2, 0.25) is 5.91 Å². The summed E-state index contributed by atoms with van der Waals surface area (Å²) in [4.78, 5) is 15.8. The number of benzene rings is 3. The average Bonchev–Trinajstić information content (AvgIpc) is 3.48. The van der Waals surface area contributed by atoms with E-state index < -0.39 is 0 Å². The van der Waals surface area contributed by atoms with E-state index in [2.05, 4.69) is 32.6 Å². The minimum Gasteiger partial charge on any atom is -0.361 e. The van der Waals surface area contributed by atoms with Gasteiger partial charge in [-0.2, -0.15) is 0 Å². The molecule has 0 unspecified atom stereocenters. The second kappa shape index (κ2) is 9.75. The summed E-state index contributed by atoms with van der Waals surface area (Å²) in [5.41, 5.74) is 4.26. The Morgan fingerprint density at radius 1 is 0.909 bits per heavy atom. The van der Waals surface area contributed by atoms with E-state index in [0.29, 0.717) is 11.7 Å². The van der Waals surface area contributed by atoms with Crippen molar-refractivity contribution >= 4 is 28.6 Å². The lowest BCUT2D eigenvalue weighted by Crippen LogP contribution is -2.27. The molecule has 1 amide bonds. The summed E-state index contributed by atoms with van der Waals surface area (Å²) in [6.45, 7) is 0.585. The zero-order valence-corrected chi connectivity index (χ0v) is 18.8. The molecule has 0 aliphatic rings. The fourth-order valence-electron chi connectivity index (χ4n) is 3.80. The van der Waals surface area contributed by atoms with Gasteiger partial charge >= 0.3 is 0 Å². The number of nitrogens with zero attached hydrogens (tertiary/aromatic N) is 3. The number of amides is 1. The highest BCUT2D eigenvalue weighted by Gasteiger charge is 2.17. The number of hydrogen-bond donors (Lipinski definition) is 2. The normalized spacial score (nSPS) is 11.0. The fraction of sp³-hybridized carbons (Fsp3) is 0.115. The molecule has 0 bridgehead atoms. The maximum Gasteiger partial charge on any atom is 0.230 e. The molecular formula is C26H23N5OS. The second-order valence-corrected chi connectivity index (χ2v) is 8.53. The summed E-state index contributed by atoms with van der Waals surface area (Å²) in [7, 11) is 0. The average molecular weight is 454 g/mol. The van der Waals surface area contributed by atoms with E-state index in [1.54, 1.807) is 0 Å². The Morgan fingerprint density at radius 3 is 2.45 bits per heavy atom. The molecule has 6 nitrogen and oxygen atoms in total. The molecule has 2 N–H and O–H groups in total. The second-order valence-electron chi connectivity index (χ2n) is 7.59. The first-order valence-electron chi connectivity index (χ1n) is 10.8. The molecule has 0 radical (unpaired) electrons. The van der Waals surface area contributed by atoms with E-state index in [1.807, 2.05) is 83.6 Å². The van der Waals surface area contributed by atoms with Crippen molar-refractivity contribution in [2.24, 2.45) is 0 Å². The lowest BCUT2D eigenvalue weighted by atomic mass is 10.1. The molecule has 0 atom stereocenters. The highest BCUT2D eigenvalue weighted by atomic mass is 32.2. The molecular weight excluding hydrogens is 430 g/mol. The summed E-state index contributed by atoms with van der Waals surface area (Å²) in [5.74, 6) is 1.00. The van der Waals surface area contributed by atoms with Gasteiger partial charge in [-0.25, -0.2) is 0 Å². The number of carbonyl (C=O) groups is 1. The Kier molecular flexibility index (Phi) is 6.21. The Hall–Kier alpha value is -3.84. The summed E-state index contributed by atoms with van der Waals surface area (Å²) in [6.07, 6.45) is 2.79. The molecule has 0 saturated heterocycles. The zero-order chi connectivity index (χ0) is 22.5. The van der Waals surface area contributed by atoms with Gasteiger partial charge in [0.15, 0.2) is 11.0 Å². The molecule has 0 spiro atoms. The highest BCUT2D eigenvalue weighted by molar-refractivity contribution is 7.99. The van der Waals surface area contributed by atoms with Crippen molar-refractivity contribution in [2.45, 2.75) is 11.6 Å². The summed E-state index contributed by atoms with van der Waals surface area (Å²) in [5, 5.41) is 13.7. The Bertz CT molecular complexity index is 1360. The third-order valence-corrected chi connectivity index (χ3v) is 6.33. The van der Waals surface area contributed by atoms with Crippen LogP contribution in [0.25, 0.3) is 28.0 Å². The van der Waals surface area contributed by atoms with Crippen molar-refractivity contribution in [3.63, 3.8) is 0 Å². The van der Waals surface area contributed by atoms with Crippen LogP contribution >= 0.6 is 11.8 Å². The molecule has 33 heavy (non-hydrogen) atoms. The molecule has 7 heteroatoms. The lowest BCUT2D eigenvalue weighted by molar-refractivity contribution is -0.118. The monoisotopic (exact) mass is 453 g/mol. The first-order valence-corrected chi connectivity index (χ1v) is 11.8. The molecule has 0 aliphatic heterocycles. The van der Waals surface area contributed by atoms with Gasteiger partial charge in [0.25, 0.3) is 0 Å². The van der Waals surface area contributed by atoms with E-state index in [4.69, 9.17) is 0 Å². The summed E-state index contributed by atoms with van der Waals surface area (Å²) < 4.78 is 2.00. The van der Waals surface area contributed by atoms with E-state index >= 15 is 0 Å². The van der Waals surface area contributed by atoms with E-state index in [9.17, 15) is 4.79 Å². The van der Waals surface area contributed by atoms with Crippen LogP contribution in [0.3, 0.4) is 0 Å². The molecule has 5 rings (SSSR count). The van der Waals surface area contributed by atoms with Crippen LogP contribution < -0.4 is 5.32 Å². The SMILES string of the molecule is O=C(CSc1nnc(-c2ccccc2)n1-c1ccccc1)NCCc1c[nH]c2ccccc12. The molecule has 0 saturated carbocycles. The minimum atomic E-state index is -0.0243. The van der Waals surface area contributed by atoms with Crippen molar-refractivity contribution in [3.05, 3.63) is 96.7 Å². The van der Waals surface area contributed by atoms with Gasteiger partial charge < -0.3 is 10.3 Å². The highest BCUT2D eigenvalue weighted by Crippen LogP contribution is 2.27. The number of aromatic amines is 1. The first-order chi connectivity index (χ1) is 16.3. The van der Waals surface area contributed by atoms with Gasteiger partial charge in [-0.1, -0.05) is 78.5 Å². The standard InChI is InChI=1S/C26H23N5OS/c32-24(27-16-15-20-17-28-23-14-8-7-13-22(20)23)18-33-26-30-29-25(19-9-3-1-4-10-19)31(26)21-11-5-2-6-12-21/h1-14,17,28H,15-16,18H2,(H,27,32). The van der Waals surface area contributed by atoms with E-state index in [0.717, 1.165) is 29.0 Å². The first kappa shape index (κ1) is 21.0. The van der Waals surface area contributed by atoms with Gasteiger partial charge in [0.1, 0.15) is 0 Å². The topological polar surface area (TPSA) is 75.6 Å². The number of nitrogens with one attached hydrogen (secondary N) is 2. The quantitative estimate of drug-likeness (QED) is 0.329. The fourth-order valence-corrected chi connectivity index (χ4v) is 4.59. The zero-order valence-electron chi connectivity index (χ0n) is 17.9. The number of fused-ring (bicyclic) bond motifs is 1. The molecule has 5 aromatic rings.